The van der Waals surface area contributed by atoms with Crippen molar-refractivity contribution in [1.82, 2.24) is 5.32 Å². The van der Waals surface area contributed by atoms with E-state index in [-0.39, 0.29) is 24.2 Å². The van der Waals surface area contributed by atoms with Gasteiger partial charge in [-0.1, -0.05) is 24.6 Å². The monoisotopic (exact) mass is 350 g/mol. The average molecular weight is 351 g/mol. The van der Waals surface area contributed by atoms with Crippen LogP contribution in [0.2, 0.25) is 0 Å². The number of nitrogens with two attached hydrogens (primary N) is 1. The maximum absolute atomic E-state index is 12.9. The van der Waals surface area contributed by atoms with Gasteiger partial charge < -0.3 is 15.8 Å². The van der Waals surface area contributed by atoms with Crippen LogP contribution in [0.25, 0.3) is 0 Å². The van der Waals surface area contributed by atoms with Crippen molar-refractivity contribution in [3.8, 4) is 5.75 Å². The van der Waals surface area contributed by atoms with E-state index in [4.69, 9.17) is 10.5 Å². The Bertz CT molecular complexity index is 580. The molecule has 5 heteroatoms. The molecule has 3 unspecified atom stereocenters. The third-order valence-electron chi connectivity index (χ3n) is 5.96. The van der Waals surface area contributed by atoms with Crippen molar-refractivity contribution in [2.24, 2.45) is 17.6 Å². The predicted octanol–water partition coefficient (Wildman–Crippen LogP) is 3.00. The van der Waals surface area contributed by atoms with Gasteiger partial charge >= 0.3 is 0 Å². The van der Waals surface area contributed by atoms with Gasteiger partial charge in [0.05, 0.1) is 12.5 Å². The lowest BCUT2D eigenvalue weighted by molar-refractivity contribution is -0.125. The highest BCUT2D eigenvalue weighted by atomic mass is 35.5. The molecule has 2 bridgehead atoms. The highest BCUT2D eigenvalue weighted by Gasteiger charge is 2.41. The van der Waals surface area contributed by atoms with Gasteiger partial charge in [0.2, 0.25) is 5.91 Å². The molecule has 1 amide bonds. The van der Waals surface area contributed by atoms with Crippen LogP contribution in [-0.2, 0) is 4.79 Å². The molecule has 1 aromatic carbocycles. The van der Waals surface area contributed by atoms with Crippen LogP contribution in [0.3, 0.4) is 0 Å². The minimum Gasteiger partial charge on any atom is -0.493 e. The van der Waals surface area contributed by atoms with Gasteiger partial charge in [0.1, 0.15) is 5.75 Å². The van der Waals surface area contributed by atoms with E-state index >= 15 is 0 Å². The molecule has 3 N–H and O–H groups in total. The molecule has 0 saturated heterocycles. The molecule has 0 spiro atoms. The first kappa shape index (κ1) is 17.6. The Hall–Kier alpha value is -1.26. The normalized spacial score (nSPS) is 34.3. The second-order valence-corrected chi connectivity index (χ2v) is 7.44. The number of carbonyl (C=O) groups excluding carboxylic acids is 1. The largest absolute Gasteiger partial charge is 0.493 e. The van der Waals surface area contributed by atoms with Crippen LogP contribution in [0.5, 0.6) is 5.75 Å². The zero-order valence-corrected chi connectivity index (χ0v) is 14.8. The summed E-state index contributed by atoms with van der Waals surface area (Å²) in [7, 11) is 0. The standard InChI is InChI=1S/C19H26N2O2.ClH/c20-14-10-12-4-3-5-13(11-14)18(12)21-19(22)16-8-9-23-17-7-2-1-6-15(16)17;/h1-2,6-7,12-14,16,18H,3-5,8-11,20H2,(H,21,22);1H. The molecule has 4 nitrogen and oxygen atoms in total. The van der Waals surface area contributed by atoms with Crippen molar-refractivity contribution in [1.29, 1.82) is 0 Å². The molecule has 1 aliphatic heterocycles. The molecular formula is C19H27ClN2O2. The Kier molecular flexibility index (Phi) is 5.36. The van der Waals surface area contributed by atoms with Crippen LogP contribution >= 0.6 is 12.4 Å². The predicted molar refractivity (Wildman–Crippen MR) is 96.5 cm³/mol. The summed E-state index contributed by atoms with van der Waals surface area (Å²) in [5.74, 6) is 2.10. The molecule has 1 heterocycles. The number of halogens is 1. The first-order chi connectivity index (χ1) is 11.2. The number of amides is 1. The Morgan fingerprint density at radius 1 is 1.12 bits per heavy atom. The van der Waals surface area contributed by atoms with Crippen LogP contribution in [0.4, 0.5) is 0 Å². The third-order valence-corrected chi connectivity index (χ3v) is 5.96. The van der Waals surface area contributed by atoms with E-state index in [1.165, 1.54) is 19.3 Å². The van der Waals surface area contributed by atoms with E-state index < -0.39 is 0 Å². The topological polar surface area (TPSA) is 64.3 Å². The molecular weight excluding hydrogens is 324 g/mol. The number of rotatable bonds is 2. The number of ether oxygens (including phenoxy) is 1. The molecule has 3 atom stereocenters. The average Bonchev–Trinajstić information content (AvgIpc) is 2.55. The fourth-order valence-electron chi connectivity index (χ4n) is 4.90. The molecule has 3 aliphatic rings. The highest BCUT2D eigenvalue weighted by Crippen LogP contribution is 2.40. The van der Waals surface area contributed by atoms with Crippen LogP contribution < -0.4 is 15.8 Å². The molecule has 4 rings (SSSR count). The van der Waals surface area contributed by atoms with Crippen LogP contribution in [-0.4, -0.2) is 24.6 Å². The summed E-state index contributed by atoms with van der Waals surface area (Å²) in [4.78, 5) is 12.9. The fraction of sp³-hybridized carbons (Fsp3) is 0.632. The summed E-state index contributed by atoms with van der Waals surface area (Å²) < 4.78 is 5.69. The molecule has 2 fully saturated rings. The molecule has 1 aromatic rings. The van der Waals surface area contributed by atoms with Gasteiger partial charge in [0, 0.05) is 17.6 Å². The lowest BCUT2D eigenvalue weighted by atomic mass is 9.67. The van der Waals surface area contributed by atoms with Crippen LogP contribution in [0, 0.1) is 11.8 Å². The van der Waals surface area contributed by atoms with E-state index in [2.05, 4.69) is 5.32 Å². The Morgan fingerprint density at radius 2 is 1.83 bits per heavy atom. The minimum atomic E-state index is -0.0729. The Morgan fingerprint density at radius 3 is 2.58 bits per heavy atom. The third kappa shape index (κ3) is 3.27. The van der Waals surface area contributed by atoms with Gasteiger partial charge in [-0.2, -0.15) is 0 Å². The van der Waals surface area contributed by atoms with E-state index in [0.717, 1.165) is 30.6 Å². The first-order valence-electron chi connectivity index (χ1n) is 9.00. The zero-order valence-electron chi connectivity index (χ0n) is 13.9. The summed E-state index contributed by atoms with van der Waals surface area (Å²) in [6.45, 7) is 0.623. The van der Waals surface area contributed by atoms with E-state index in [1.54, 1.807) is 0 Å². The molecule has 2 saturated carbocycles. The van der Waals surface area contributed by atoms with Gasteiger partial charge in [0.25, 0.3) is 0 Å². The van der Waals surface area contributed by atoms with Gasteiger partial charge in [-0.25, -0.2) is 0 Å². The maximum atomic E-state index is 12.9. The number of fused-ring (bicyclic) bond motifs is 3. The molecule has 132 valence electrons. The van der Waals surface area contributed by atoms with Gasteiger partial charge in [-0.15, -0.1) is 12.4 Å². The van der Waals surface area contributed by atoms with Crippen LogP contribution in [0.1, 0.15) is 50.0 Å². The van der Waals surface area contributed by atoms with Crippen molar-refractivity contribution in [3.05, 3.63) is 29.8 Å². The lowest BCUT2D eigenvalue weighted by Crippen LogP contribution is -2.54. The zero-order chi connectivity index (χ0) is 15.8. The lowest BCUT2D eigenvalue weighted by Gasteiger charge is -2.45. The number of benzene rings is 1. The molecule has 0 radical (unpaired) electrons. The fourth-order valence-corrected chi connectivity index (χ4v) is 4.90. The van der Waals surface area contributed by atoms with Crippen molar-refractivity contribution in [2.75, 3.05) is 6.61 Å². The SMILES string of the molecule is Cl.NC1CC2CCCC(C1)C2NC(=O)C1CCOc2ccccc21. The van der Waals surface area contributed by atoms with E-state index in [9.17, 15) is 4.79 Å². The molecule has 0 aromatic heterocycles. The number of nitrogens with one attached hydrogen (secondary N) is 1. The second-order valence-electron chi connectivity index (χ2n) is 7.44. The van der Waals surface area contributed by atoms with Crippen molar-refractivity contribution < 1.29 is 9.53 Å². The molecule has 2 aliphatic carbocycles. The van der Waals surface area contributed by atoms with Crippen LogP contribution in [0.15, 0.2) is 24.3 Å². The number of carbonyl (C=O) groups is 1. The van der Waals surface area contributed by atoms with Gasteiger partial charge in [-0.05, 0) is 50.0 Å². The van der Waals surface area contributed by atoms with Gasteiger partial charge in [0.15, 0.2) is 0 Å². The summed E-state index contributed by atoms with van der Waals surface area (Å²) in [5.41, 5.74) is 7.23. The van der Waals surface area contributed by atoms with Crippen molar-refractivity contribution >= 4 is 18.3 Å². The quantitative estimate of drug-likeness (QED) is 0.861. The molecule has 24 heavy (non-hydrogen) atoms. The summed E-state index contributed by atoms with van der Waals surface area (Å²) in [6.07, 6.45) is 6.59. The minimum absolute atomic E-state index is 0. The number of hydrogen-bond acceptors (Lipinski definition) is 3. The second kappa shape index (κ2) is 7.32. The van der Waals surface area contributed by atoms with Crippen molar-refractivity contribution in [3.63, 3.8) is 0 Å². The van der Waals surface area contributed by atoms with Gasteiger partial charge in [-0.3, -0.25) is 4.79 Å². The summed E-state index contributed by atoms with van der Waals surface area (Å²) >= 11 is 0. The van der Waals surface area contributed by atoms with E-state index in [1.807, 2.05) is 24.3 Å². The number of hydrogen-bond donors (Lipinski definition) is 2. The summed E-state index contributed by atoms with van der Waals surface area (Å²) in [5, 5.41) is 3.40. The number of para-hydroxylation sites is 1. The maximum Gasteiger partial charge on any atom is 0.228 e. The van der Waals surface area contributed by atoms with Crippen molar-refractivity contribution in [2.45, 2.75) is 56.5 Å². The first-order valence-corrected chi connectivity index (χ1v) is 9.00. The van der Waals surface area contributed by atoms with E-state index in [0.29, 0.717) is 30.5 Å². The summed E-state index contributed by atoms with van der Waals surface area (Å²) in [6, 6.07) is 8.58. The highest BCUT2D eigenvalue weighted by molar-refractivity contribution is 5.85. The Labute approximate surface area is 149 Å². The Balaban J connectivity index is 0.00000169. The smallest absolute Gasteiger partial charge is 0.228 e.